The molecule has 0 aliphatic carbocycles. The molecule has 1 aromatic heterocycles. The lowest BCUT2D eigenvalue weighted by Gasteiger charge is -2.19. The summed E-state index contributed by atoms with van der Waals surface area (Å²) in [4.78, 5) is 5.99. The summed E-state index contributed by atoms with van der Waals surface area (Å²) in [5.74, 6) is 0.0539. The molecule has 0 radical (unpaired) electrons. The third-order valence-corrected chi connectivity index (χ3v) is 1.87. The van der Waals surface area contributed by atoms with Crippen molar-refractivity contribution in [3.8, 4) is 6.07 Å². The van der Waals surface area contributed by atoms with Crippen LogP contribution in [0.15, 0.2) is 24.5 Å². The van der Waals surface area contributed by atoms with Crippen LogP contribution >= 0.6 is 0 Å². The van der Waals surface area contributed by atoms with Gasteiger partial charge in [-0.3, -0.25) is 4.98 Å². The molecule has 0 saturated carbocycles. The van der Waals surface area contributed by atoms with Crippen LogP contribution in [-0.4, -0.2) is 18.6 Å². The van der Waals surface area contributed by atoms with Gasteiger partial charge in [0.25, 0.3) is 0 Å². The predicted octanol–water partition coefficient (Wildman–Crippen LogP) is 1.68. The molecule has 0 N–H and O–H groups in total. The zero-order valence-corrected chi connectivity index (χ0v) is 7.94. The standard InChI is InChI=1S/C10H13N3/c1-9(7-11)8-13(2)10-3-5-12-6-4-10/h3-6,9H,8H2,1-2H3. The molecule has 1 unspecified atom stereocenters. The van der Waals surface area contributed by atoms with E-state index in [0.29, 0.717) is 0 Å². The van der Waals surface area contributed by atoms with Gasteiger partial charge in [-0.05, 0) is 19.1 Å². The summed E-state index contributed by atoms with van der Waals surface area (Å²) in [6.45, 7) is 2.66. The van der Waals surface area contributed by atoms with Crippen molar-refractivity contribution in [2.75, 3.05) is 18.5 Å². The van der Waals surface area contributed by atoms with Crippen molar-refractivity contribution >= 4 is 5.69 Å². The van der Waals surface area contributed by atoms with Crippen LogP contribution in [0.3, 0.4) is 0 Å². The number of anilines is 1. The highest BCUT2D eigenvalue weighted by Gasteiger charge is 2.04. The Bertz CT molecular complexity index is 289. The highest BCUT2D eigenvalue weighted by molar-refractivity contribution is 5.43. The highest BCUT2D eigenvalue weighted by atomic mass is 15.1. The second-order valence-corrected chi connectivity index (χ2v) is 3.12. The average molecular weight is 175 g/mol. The Morgan fingerprint density at radius 2 is 2.15 bits per heavy atom. The van der Waals surface area contributed by atoms with Gasteiger partial charge in [-0.1, -0.05) is 0 Å². The maximum atomic E-state index is 8.64. The van der Waals surface area contributed by atoms with Crippen LogP contribution in [0, 0.1) is 17.2 Å². The average Bonchev–Trinajstić information content (AvgIpc) is 2.19. The molecule has 0 amide bonds. The van der Waals surface area contributed by atoms with Gasteiger partial charge >= 0.3 is 0 Å². The van der Waals surface area contributed by atoms with Gasteiger partial charge in [0.15, 0.2) is 0 Å². The maximum absolute atomic E-state index is 8.64. The number of pyridine rings is 1. The summed E-state index contributed by atoms with van der Waals surface area (Å²) in [5, 5.41) is 8.64. The van der Waals surface area contributed by atoms with Crippen LogP contribution in [0.5, 0.6) is 0 Å². The van der Waals surface area contributed by atoms with Crippen LogP contribution in [0.2, 0.25) is 0 Å². The summed E-state index contributed by atoms with van der Waals surface area (Å²) in [7, 11) is 1.98. The molecular weight excluding hydrogens is 162 g/mol. The zero-order valence-electron chi connectivity index (χ0n) is 7.94. The number of nitriles is 1. The Morgan fingerprint density at radius 1 is 1.54 bits per heavy atom. The van der Waals surface area contributed by atoms with Crippen LogP contribution in [0.4, 0.5) is 5.69 Å². The first-order valence-corrected chi connectivity index (χ1v) is 4.25. The van der Waals surface area contributed by atoms with E-state index in [1.54, 1.807) is 12.4 Å². The van der Waals surface area contributed by atoms with E-state index in [9.17, 15) is 0 Å². The Morgan fingerprint density at radius 3 is 2.69 bits per heavy atom. The van der Waals surface area contributed by atoms with E-state index in [0.717, 1.165) is 12.2 Å². The maximum Gasteiger partial charge on any atom is 0.0671 e. The Hall–Kier alpha value is -1.56. The first-order chi connectivity index (χ1) is 6.24. The molecule has 0 fully saturated rings. The first-order valence-electron chi connectivity index (χ1n) is 4.25. The normalized spacial score (nSPS) is 11.8. The van der Waals surface area contributed by atoms with E-state index in [1.807, 2.05) is 26.1 Å². The summed E-state index contributed by atoms with van der Waals surface area (Å²) in [5.41, 5.74) is 1.09. The second kappa shape index (κ2) is 4.46. The van der Waals surface area contributed by atoms with Crippen molar-refractivity contribution in [3.05, 3.63) is 24.5 Å². The molecule has 0 aliphatic rings. The van der Waals surface area contributed by atoms with Crippen molar-refractivity contribution in [1.82, 2.24) is 4.98 Å². The van der Waals surface area contributed by atoms with Gasteiger partial charge in [-0.2, -0.15) is 5.26 Å². The van der Waals surface area contributed by atoms with E-state index in [1.165, 1.54) is 0 Å². The topological polar surface area (TPSA) is 39.9 Å². The molecule has 13 heavy (non-hydrogen) atoms. The monoisotopic (exact) mass is 175 g/mol. The van der Waals surface area contributed by atoms with Crippen LogP contribution in [0.25, 0.3) is 0 Å². The molecule has 1 atom stereocenters. The predicted molar refractivity (Wildman–Crippen MR) is 52.3 cm³/mol. The van der Waals surface area contributed by atoms with Gasteiger partial charge in [-0.25, -0.2) is 0 Å². The fourth-order valence-corrected chi connectivity index (χ4v) is 1.16. The molecule has 0 saturated heterocycles. The molecule has 3 heteroatoms. The molecule has 1 aromatic rings. The van der Waals surface area contributed by atoms with Crippen LogP contribution < -0.4 is 4.90 Å². The van der Waals surface area contributed by atoms with Gasteiger partial charge in [0.1, 0.15) is 0 Å². The summed E-state index contributed by atoms with van der Waals surface area (Å²) >= 11 is 0. The number of hydrogen-bond donors (Lipinski definition) is 0. The molecular formula is C10H13N3. The molecule has 68 valence electrons. The highest BCUT2D eigenvalue weighted by Crippen LogP contribution is 2.11. The minimum Gasteiger partial charge on any atom is -0.373 e. The molecule has 1 rings (SSSR count). The smallest absolute Gasteiger partial charge is 0.0671 e. The minimum absolute atomic E-state index is 0.0539. The van der Waals surface area contributed by atoms with E-state index in [-0.39, 0.29) is 5.92 Å². The van der Waals surface area contributed by atoms with Crippen LogP contribution in [-0.2, 0) is 0 Å². The first kappa shape index (κ1) is 9.53. The van der Waals surface area contributed by atoms with Gasteiger partial charge in [-0.15, -0.1) is 0 Å². The molecule has 1 heterocycles. The minimum atomic E-state index is 0.0539. The zero-order chi connectivity index (χ0) is 9.68. The largest absolute Gasteiger partial charge is 0.373 e. The Labute approximate surface area is 78.6 Å². The van der Waals surface area contributed by atoms with E-state index < -0.39 is 0 Å². The quantitative estimate of drug-likeness (QED) is 0.701. The SMILES string of the molecule is CC(C#N)CN(C)c1ccncc1. The summed E-state index contributed by atoms with van der Waals surface area (Å²) < 4.78 is 0. The van der Waals surface area contributed by atoms with Crippen molar-refractivity contribution in [3.63, 3.8) is 0 Å². The summed E-state index contributed by atoms with van der Waals surface area (Å²) in [6, 6.07) is 6.08. The molecule has 0 spiro atoms. The van der Waals surface area contributed by atoms with E-state index in [4.69, 9.17) is 5.26 Å². The van der Waals surface area contributed by atoms with Crippen molar-refractivity contribution in [1.29, 1.82) is 5.26 Å². The Kier molecular flexibility index (Phi) is 3.27. The summed E-state index contributed by atoms with van der Waals surface area (Å²) in [6.07, 6.45) is 3.51. The van der Waals surface area contributed by atoms with Gasteiger partial charge in [0.2, 0.25) is 0 Å². The lowest BCUT2D eigenvalue weighted by atomic mass is 10.2. The van der Waals surface area contributed by atoms with Crippen molar-refractivity contribution in [2.45, 2.75) is 6.92 Å². The number of rotatable bonds is 3. The number of aromatic nitrogens is 1. The van der Waals surface area contributed by atoms with Gasteiger partial charge in [0, 0.05) is 31.7 Å². The molecule has 0 bridgehead atoms. The van der Waals surface area contributed by atoms with Crippen molar-refractivity contribution in [2.24, 2.45) is 5.92 Å². The fourth-order valence-electron chi connectivity index (χ4n) is 1.16. The lowest BCUT2D eigenvalue weighted by Crippen LogP contribution is -2.22. The second-order valence-electron chi connectivity index (χ2n) is 3.12. The fraction of sp³-hybridized carbons (Fsp3) is 0.400. The third kappa shape index (κ3) is 2.75. The molecule has 3 nitrogen and oxygen atoms in total. The Balaban J connectivity index is 2.60. The lowest BCUT2D eigenvalue weighted by molar-refractivity contribution is 0.716. The molecule has 0 aromatic carbocycles. The van der Waals surface area contributed by atoms with E-state index >= 15 is 0 Å². The third-order valence-electron chi connectivity index (χ3n) is 1.87. The van der Waals surface area contributed by atoms with Crippen molar-refractivity contribution < 1.29 is 0 Å². The van der Waals surface area contributed by atoms with Gasteiger partial charge < -0.3 is 4.90 Å². The number of nitrogens with zero attached hydrogens (tertiary/aromatic N) is 3. The van der Waals surface area contributed by atoms with Crippen LogP contribution in [0.1, 0.15) is 6.92 Å². The van der Waals surface area contributed by atoms with Gasteiger partial charge in [0.05, 0.1) is 12.0 Å². The molecule has 0 aliphatic heterocycles. The number of hydrogen-bond acceptors (Lipinski definition) is 3. The van der Waals surface area contributed by atoms with E-state index in [2.05, 4.69) is 16.0 Å².